The van der Waals surface area contributed by atoms with E-state index in [9.17, 15) is 9.59 Å². The summed E-state index contributed by atoms with van der Waals surface area (Å²) in [6.07, 6.45) is 0.791. The fourth-order valence-corrected chi connectivity index (χ4v) is 1.47. The number of amides is 2. The zero-order valence-corrected chi connectivity index (χ0v) is 10.4. The molecule has 0 unspecified atom stereocenters. The number of benzene rings is 1. The fourth-order valence-electron chi connectivity index (χ4n) is 1.37. The van der Waals surface area contributed by atoms with Crippen molar-refractivity contribution in [2.75, 3.05) is 17.7 Å². The summed E-state index contributed by atoms with van der Waals surface area (Å²) in [6, 6.07) is 7.38. The predicted molar refractivity (Wildman–Crippen MR) is 68.2 cm³/mol. The van der Waals surface area contributed by atoms with E-state index < -0.39 is 11.8 Å². The highest BCUT2D eigenvalue weighted by molar-refractivity contribution is 6.39. The van der Waals surface area contributed by atoms with Crippen LogP contribution in [0.1, 0.15) is 12.5 Å². The Morgan fingerprint density at radius 2 is 1.94 bits per heavy atom. The largest absolute Gasteiger partial charge is 0.347 e. The summed E-state index contributed by atoms with van der Waals surface area (Å²) in [5.74, 6) is -1.06. The molecule has 2 amide bonds. The van der Waals surface area contributed by atoms with Crippen LogP contribution in [0.3, 0.4) is 0 Å². The smallest absolute Gasteiger partial charge is 0.313 e. The molecule has 1 aromatic carbocycles. The van der Waals surface area contributed by atoms with Crippen molar-refractivity contribution in [3.8, 4) is 0 Å². The van der Waals surface area contributed by atoms with E-state index in [-0.39, 0.29) is 12.4 Å². The van der Waals surface area contributed by atoms with Gasteiger partial charge in [-0.1, -0.05) is 25.1 Å². The molecule has 17 heavy (non-hydrogen) atoms. The van der Waals surface area contributed by atoms with Crippen molar-refractivity contribution in [2.45, 2.75) is 13.3 Å². The number of rotatable bonds is 4. The van der Waals surface area contributed by atoms with E-state index in [2.05, 4.69) is 10.6 Å². The lowest BCUT2D eigenvalue weighted by Gasteiger charge is -2.09. The number of halogens is 1. The fraction of sp³-hybridized carbons (Fsp3) is 0.333. The van der Waals surface area contributed by atoms with Gasteiger partial charge in [0, 0.05) is 18.1 Å². The van der Waals surface area contributed by atoms with Crippen LogP contribution in [-0.4, -0.2) is 24.2 Å². The second-order valence-corrected chi connectivity index (χ2v) is 3.79. The molecular formula is C12H15ClN2O2. The molecule has 0 spiro atoms. The summed E-state index contributed by atoms with van der Waals surface area (Å²) in [5, 5.41) is 4.98. The van der Waals surface area contributed by atoms with Gasteiger partial charge in [-0.05, 0) is 18.1 Å². The number of anilines is 1. The van der Waals surface area contributed by atoms with E-state index in [4.69, 9.17) is 11.6 Å². The normalized spacial score (nSPS) is 9.76. The molecule has 4 nitrogen and oxygen atoms in total. The highest BCUT2D eigenvalue weighted by Gasteiger charge is 2.13. The lowest BCUT2D eigenvalue weighted by atomic mass is 10.1. The van der Waals surface area contributed by atoms with Crippen LogP contribution in [0.2, 0.25) is 0 Å². The van der Waals surface area contributed by atoms with Gasteiger partial charge >= 0.3 is 11.8 Å². The van der Waals surface area contributed by atoms with Crippen LogP contribution in [0.4, 0.5) is 5.69 Å². The highest BCUT2D eigenvalue weighted by Crippen LogP contribution is 2.14. The van der Waals surface area contributed by atoms with E-state index in [0.717, 1.165) is 12.0 Å². The van der Waals surface area contributed by atoms with Crippen LogP contribution in [0, 0.1) is 0 Å². The summed E-state index contributed by atoms with van der Waals surface area (Å²) in [6.45, 7) is 2.27. The third kappa shape index (κ3) is 4.07. The van der Waals surface area contributed by atoms with Crippen LogP contribution >= 0.6 is 11.6 Å². The molecule has 0 aliphatic rings. The van der Waals surface area contributed by atoms with Crippen LogP contribution in [0.15, 0.2) is 24.3 Å². The van der Waals surface area contributed by atoms with Gasteiger partial charge in [-0.25, -0.2) is 0 Å². The van der Waals surface area contributed by atoms with E-state index in [0.29, 0.717) is 5.69 Å². The zero-order valence-electron chi connectivity index (χ0n) is 9.63. The van der Waals surface area contributed by atoms with Gasteiger partial charge < -0.3 is 10.6 Å². The number of carbonyl (C=O) groups excluding carboxylic acids is 2. The molecule has 0 atom stereocenters. The molecular weight excluding hydrogens is 240 g/mol. The molecule has 0 bridgehead atoms. The number of nitrogens with one attached hydrogen (secondary N) is 2. The number of alkyl halides is 1. The second-order valence-electron chi connectivity index (χ2n) is 3.41. The molecule has 0 saturated heterocycles. The van der Waals surface area contributed by atoms with Crippen molar-refractivity contribution in [1.82, 2.24) is 5.32 Å². The molecule has 0 saturated carbocycles. The molecule has 0 aliphatic heterocycles. The first-order chi connectivity index (χ1) is 8.19. The van der Waals surface area contributed by atoms with Crippen molar-refractivity contribution in [2.24, 2.45) is 0 Å². The van der Waals surface area contributed by atoms with Crippen molar-refractivity contribution in [1.29, 1.82) is 0 Å². The number of para-hydroxylation sites is 1. The number of carbonyl (C=O) groups is 2. The summed E-state index contributed by atoms with van der Waals surface area (Å²) in [4.78, 5) is 22.8. The van der Waals surface area contributed by atoms with Crippen molar-refractivity contribution >= 4 is 29.1 Å². The Bertz CT molecular complexity index is 407. The van der Waals surface area contributed by atoms with E-state index in [1.165, 1.54) is 0 Å². The maximum atomic E-state index is 11.5. The first-order valence-corrected chi connectivity index (χ1v) is 5.95. The Morgan fingerprint density at radius 3 is 2.59 bits per heavy atom. The molecule has 0 fully saturated rings. The van der Waals surface area contributed by atoms with Gasteiger partial charge in [0.25, 0.3) is 0 Å². The molecule has 1 rings (SSSR count). The van der Waals surface area contributed by atoms with Crippen LogP contribution < -0.4 is 10.6 Å². The number of aryl methyl sites for hydroxylation is 1. The molecule has 0 aromatic heterocycles. The minimum atomic E-state index is -0.670. The standard InChI is InChI=1S/C12H15ClN2O2/c1-2-9-5-3-4-6-10(9)15-12(17)11(16)14-8-7-13/h3-6H,2,7-8H2,1H3,(H,14,16)(H,15,17). The van der Waals surface area contributed by atoms with Gasteiger partial charge in [-0.2, -0.15) is 0 Å². The lowest BCUT2D eigenvalue weighted by molar-refractivity contribution is -0.136. The Kier molecular flexibility index (Phi) is 5.49. The molecule has 92 valence electrons. The van der Waals surface area contributed by atoms with Gasteiger partial charge in [0.05, 0.1) is 0 Å². The topological polar surface area (TPSA) is 58.2 Å². The maximum absolute atomic E-state index is 11.5. The molecule has 0 radical (unpaired) electrons. The van der Waals surface area contributed by atoms with Crippen LogP contribution in [-0.2, 0) is 16.0 Å². The molecule has 2 N–H and O–H groups in total. The molecule has 1 aromatic rings. The highest BCUT2D eigenvalue weighted by atomic mass is 35.5. The van der Waals surface area contributed by atoms with Gasteiger partial charge in [-0.3, -0.25) is 9.59 Å². The average Bonchev–Trinajstić information content (AvgIpc) is 2.36. The van der Waals surface area contributed by atoms with Gasteiger partial charge in [0.2, 0.25) is 0 Å². The van der Waals surface area contributed by atoms with Crippen LogP contribution in [0.5, 0.6) is 0 Å². The summed E-state index contributed by atoms with van der Waals surface area (Å²) >= 11 is 5.41. The van der Waals surface area contributed by atoms with E-state index in [1.54, 1.807) is 6.07 Å². The Balaban J connectivity index is 2.64. The maximum Gasteiger partial charge on any atom is 0.313 e. The van der Waals surface area contributed by atoms with Crippen molar-refractivity contribution in [3.63, 3.8) is 0 Å². The predicted octanol–water partition coefficient (Wildman–Crippen LogP) is 1.54. The number of hydrogen-bond donors (Lipinski definition) is 2. The Labute approximate surface area is 105 Å². The Morgan fingerprint density at radius 1 is 1.24 bits per heavy atom. The third-order valence-corrected chi connectivity index (χ3v) is 2.42. The molecule has 0 heterocycles. The third-order valence-electron chi connectivity index (χ3n) is 2.23. The molecule has 5 heteroatoms. The number of hydrogen-bond acceptors (Lipinski definition) is 2. The van der Waals surface area contributed by atoms with Gasteiger partial charge in [0.1, 0.15) is 0 Å². The summed E-state index contributed by atoms with van der Waals surface area (Å²) in [7, 11) is 0. The van der Waals surface area contributed by atoms with E-state index >= 15 is 0 Å². The lowest BCUT2D eigenvalue weighted by Crippen LogP contribution is -2.36. The first-order valence-electron chi connectivity index (χ1n) is 5.42. The molecule has 0 aliphatic carbocycles. The quantitative estimate of drug-likeness (QED) is 0.633. The SMILES string of the molecule is CCc1ccccc1NC(=O)C(=O)NCCCl. The average molecular weight is 255 g/mol. The van der Waals surface area contributed by atoms with E-state index in [1.807, 2.05) is 25.1 Å². The Hall–Kier alpha value is -1.55. The van der Waals surface area contributed by atoms with Crippen molar-refractivity contribution < 1.29 is 9.59 Å². The monoisotopic (exact) mass is 254 g/mol. The summed E-state index contributed by atoms with van der Waals surface area (Å²) in [5.41, 5.74) is 1.66. The van der Waals surface area contributed by atoms with Crippen molar-refractivity contribution in [3.05, 3.63) is 29.8 Å². The zero-order chi connectivity index (χ0) is 12.7. The van der Waals surface area contributed by atoms with Gasteiger partial charge in [-0.15, -0.1) is 11.6 Å². The minimum Gasteiger partial charge on any atom is -0.347 e. The minimum absolute atomic E-state index is 0.281. The van der Waals surface area contributed by atoms with Gasteiger partial charge in [0.15, 0.2) is 0 Å². The first kappa shape index (κ1) is 13.5. The summed E-state index contributed by atoms with van der Waals surface area (Å²) < 4.78 is 0. The second kappa shape index (κ2) is 6.91. The van der Waals surface area contributed by atoms with Crippen LogP contribution in [0.25, 0.3) is 0 Å².